The minimum atomic E-state index is -1.14. The summed E-state index contributed by atoms with van der Waals surface area (Å²) in [6.07, 6.45) is 3.43. The summed E-state index contributed by atoms with van der Waals surface area (Å²) in [5, 5.41) is 13.5. The lowest BCUT2D eigenvalue weighted by Crippen LogP contribution is -2.29. The molecule has 2 aromatic carbocycles. The molecule has 0 bridgehead atoms. The second-order valence-electron chi connectivity index (χ2n) is 6.97. The van der Waals surface area contributed by atoms with E-state index < -0.39 is 16.9 Å². The molecule has 3 rings (SSSR count). The van der Waals surface area contributed by atoms with Gasteiger partial charge in [-0.2, -0.15) is 0 Å². The van der Waals surface area contributed by atoms with Crippen LogP contribution >= 0.6 is 11.6 Å². The van der Waals surface area contributed by atoms with Crippen LogP contribution in [0, 0.1) is 16.0 Å². The summed E-state index contributed by atoms with van der Waals surface area (Å²) in [5.41, 5.74) is 0.556. The van der Waals surface area contributed by atoms with Crippen molar-refractivity contribution in [3.05, 3.63) is 69.2 Å². The number of anilines is 1. The third-order valence-corrected chi connectivity index (χ3v) is 5.25. The molecule has 1 fully saturated rings. The summed E-state index contributed by atoms with van der Waals surface area (Å²) in [6.45, 7) is 0. The molecule has 29 heavy (non-hydrogen) atoms. The van der Waals surface area contributed by atoms with Crippen LogP contribution in [0.3, 0.4) is 0 Å². The van der Waals surface area contributed by atoms with Crippen LogP contribution in [-0.2, 0) is 14.3 Å². The molecule has 0 spiro atoms. The fourth-order valence-corrected chi connectivity index (χ4v) is 3.59. The summed E-state index contributed by atoms with van der Waals surface area (Å²) in [6, 6.07) is 12.5. The van der Waals surface area contributed by atoms with Crippen LogP contribution in [0.4, 0.5) is 11.4 Å². The number of carbonyl (C=O) groups is 2. The van der Waals surface area contributed by atoms with E-state index in [1.807, 2.05) is 0 Å². The zero-order valence-corrected chi connectivity index (χ0v) is 16.4. The van der Waals surface area contributed by atoms with Crippen molar-refractivity contribution in [3.63, 3.8) is 0 Å². The van der Waals surface area contributed by atoms with Gasteiger partial charge >= 0.3 is 5.97 Å². The van der Waals surface area contributed by atoms with Gasteiger partial charge in [-0.3, -0.25) is 19.7 Å². The molecule has 1 N–H and O–H groups in total. The summed E-state index contributed by atoms with van der Waals surface area (Å²) < 4.78 is 5.61. The Bertz CT molecular complexity index is 897. The van der Waals surface area contributed by atoms with Gasteiger partial charge in [0.25, 0.3) is 11.6 Å². The van der Waals surface area contributed by atoms with E-state index in [9.17, 15) is 19.7 Å². The average molecular weight is 417 g/mol. The lowest BCUT2D eigenvalue weighted by molar-refractivity contribution is -0.384. The van der Waals surface area contributed by atoms with Crippen LogP contribution in [-0.4, -0.2) is 16.8 Å². The molecule has 1 amide bonds. The summed E-state index contributed by atoms with van der Waals surface area (Å²) in [7, 11) is 0. The van der Waals surface area contributed by atoms with Gasteiger partial charge in [-0.25, -0.2) is 0 Å². The van der Waals surface area contributed by atoms with E-state index in [1.54, 1.807) is 30.3 Å². The third-order valence-electron chi connectivity index (χ3n) is 4.93. The number of hydrogen-bond donors (Lipinski definition) is 1. The zero-order chi connectivity index (χ0) is 20.8. The molecule has 0 aliphatic heterocycles. The van der Waals surface area contributed by atoms with Crippen LogP contribution < -0.4 is 5.32 Å². The van der Waals surface area contributed by atoms with E-state index in [0.717, 1.165) is 38.2 Å². The molecule has 0 heterocycles. The first-order valence-electron chi connectivity index (χ1n) is 9.46. The number of nitrogens with zero attached hydrogens (tertiary/aromatic N) is 1. The van der Waals surface area contributed by atoms with E-state index in [0.29, 0.717) is 5.56 Å². The van der Waals surface area contributed by atoms with Crippen molar-refractivity contribution in [1.29, 1.82) is 0 Å². The van der Waals surface area contributed by atoms with Crippen LogP contribution in [0.25, 0.3) is 0 Å². The minimum Gasteiger partial charge on any atom is -0.447 e. The van der Waals surface area contributed by atoms with Gasteiger partial charge in [0.1, 0.15) is 0 Å². The number of carbonyl (C=O) groups excluding carboxylic acids is 2. The number of non-ortho nitro benzene ring substituents is 1. The molecular weight excluding hydrogens is 396 g/mol. The van der Waals surface area contributed by atoms with Gasteiger partial charge in [0.05, 0.1) is 21.6 Å². The number of nitrogens with one attached hydrogen (secondary N) is 1. The first-order chi connectivity index (χ1) is 14.0. The Morgan fingerprint density at radius 1 is 1.10 bits per heavy atom. The number of rotatable bonds is 6. The highest BCUT2D eigenvalue weighted by atomic mass is 35.5. The van der Waals surface area contributed by atoms with Crippen molar-refractivity contribution in [3.8, 4) is 0 Å². The summed E-state index contributed by atoms with van der Waals surface area (Å²) in [5.74, 6) is -1.16. The Hall–Kier alpha value is -2.93. The topological polar surface area (TPSA) is 98.5 Å². The van der Waals surface area contributed by atoms with Crippen LogP contribution in [0.15, 0.2) is 48.5 Å². The van der Waals surface area contributed by atoms with Crippen molar-refractivity contribution in [1.82, 2.24) is 0 Å². The Kier molecular flexibility index (Phi) is 6.82. The number of esters is 1. The molecule has 152 valence electrons. The van der Waals surface area contributed by atoms with E-state index in [2.05, 4.69) is 5.32 Å². The molecule has 1 aliphatic rings. The Morgan fingerprint density at radius 2 is 1.79 bits per heavy atom. The molecule has 7 nitrogen and oxygen atoms in total. The predicted octanol–water partition coefficient (Wildman–Crippen LogP) is 5.05. The number of nitro groups is 1. The summed E-state index contributed by atoms with van der Waals surface area (Å²) >= 11 is 6.07. The van der Waals surface area contributed by atoms with E-state index in [4.69, 9.17) is 16.3 Å². The van der Waals surface area contributed by atoms with Crippen molar-refractivity contribution < 1.29 is 19.2 Å². The Morgan fingerprint density at radius 3 is 2.41 bits per heavy atom. The number of benzene rings is 2. The minimum absolute atomic E-state index is 0.0259. The monoisotopic (exact) mass is 416 g/mol. The maximum absolute atomic E-state index is 12.9. The number of nitro benzene ring substituents is 1. The first kappa shape index (κ1) is 20.8. The van der Waals surface area contributed by atoms with Gasteiger partial charge in [-0.05, 0) is 18.9 Å². The molecule has 0 aromatic heterocycles. The fraction of sp³-hybridized carbons (Fsp3) is 0.333. The molecule has 8 heteroatoms. The Balaban J connectivity index is 1.79. The highest BCUT2D eigenvalue weighted by Gasteiger charge is 2.30. The molecule has 2 aromatic rings. The van der Waals surface area contributed by atoms with Crippen molar-refractivity contribution in [2.24, 2.45) is 5.92 Å². The van der Waals surface area contributed by atoms with E-state index in [1.165, 1.54) is 12.1 Å². The Labute approximate surface area is 173 Å². The van der Waals surface area contributed by atoms with Crippen LogP contribution in [0.5, 0.6) is 0 Å². The summed E-state index contributed by atoms with van der Waals surface area (Å²) in [4.78, 5) is 35.8. The second kappa shape index (κ2) is 9.52. The lowest BCUT2D eigenvalue weighted by atomic mass is 9.89. The molecule has 1 atom stereocenters. The smallest absolute Gasteiger partial charge is 0.310 e. The number of halogens is 1. The molecular formula is C21H21ClN2O5. The standard InChI is InChI=1S/C21H21ClN2O5/c22-17-13-16(24(27)28)11-12-18(17)23-20(25)19(14-7-3-1-4-8-14)29-21(26)15-9-5-2-6-10-15/h1,3-4,7-8,11-13,15,19H,2,5-6,9-10H2,(H,23,25)/t19-/m1/s1. The second-order valence-corrected chi connectivity index (χ2v) is 7.38. The zero-order valence-electron chi connectivity index (χ0n) is 15.7. The quantitative estimate of drug-likeness (QED) is 0.403. The van der Waals surface area contributed by atoms with Gasteiger partial charge in [-0.15, -0.1) is 0 Å². The van der Waals surface area contributed by atoms with Crippen LogP contribution in [0.1, 0.15) is 43.8 Å². The molecule has 0 saturated heterocycles. The van der Waals surface area contributed by atoms with Crippen LogP contribution in [0.2, 0.25) is 5.02 Å². The van der Waals surface area contributed by atoms with Gasteiger partial charge in [0, 0.05) is 17.7 Å². The van der Waals surface area contributed by atoms with Crippen molar-refractivity contribution in [2.75, 3.05) is 5.32 Å². The maximum Gasteiger partial charge on any atom is 0.310 e. The van der Waals surface area contributed by atoms with Gasteiger partial charge in [0.15, 0.2) is 0 Å². The normalized spacial score (nSPS) is 15.3. The van der Waals surface area contributed by atoms with Crippen molar-refractivity contribution >= 4 is 34.9 Å². The van der Waals surface area contributed by atoms with Crippen molar-refractivity contribution in [2.45, 2.75) is 38.2 Å². The number of ether oxygens (including phenoxy) is 1. The predicted molar refractivity (Wildman–Crippen MR) is 109 cm³/mol. The average Bonchev–Trinajstić information content (AvgIpc) is 2.74. The van der Waals surface area contributed by atoms with E-state index in [-0.39, 0.29) is 28.3 Å². The highest BCUT2D eigenvalue weighted by molar-refractivity contribution is 6.34. The molecule has 0 radical (unpaired) electrons. The number of amides is 1. The van der Waals surface area contributed by atoms with Gasteiger partial charge < -0.3 is 10.1 Å². The third kappa shape index (κ3) is 5.32. The largest absolute Gasteiger partial charge is 0.447 e. The molecule has 1 aliphatic carbocycles. The fourth-order valence-electron chi connectivity index (χ4n) is 3.37. The lowest BCUT2D eigenvalue weighted by Gasteiger charge is -2.24. The number of hydrogen-bond acceptors (Lipinski definition) is 5. The van der Waals surface area contributed by atoms with Gasteiger partial charge in [0.2, 0.25) is 6.10 Å². The maximum atomic E-state index is 12.9. The van der Waals surface area contributed by atoms with E-state index >= 15 is 0 Å². The van der Waals surface area contributed by atoms with Gasteiger partial charge in [-0.1, -0.05) is 61.2 Å². The highest BCUT2D eigenvalue weighted by Crippen LogP contribution is 2.30. The molecule has 0 unspecified atom stereocenters. The SMILES string of the molecule is O=C(O[C@@H](C(=O)Nc1ccc([N+](=O)[O-])cc1Cl)c1ccccc1)C1CCCCC1. The molecule has 1 saturated carbocycles. The first-order valence-corrected chi connectivity index (χ1v) is 9.84.